The molecule has 3 heteroatoms. The van der Waals surface area contributed by atoms with Crippen molar-refractivity contribution in [3.8, 4) is 0 Å². The summed E-state index contributed by atoms with van der Waals surface area (Å²) >= 11 is 0. The van der Waals surface area contributed by atoms with Crippen LogP contribution < -0.4 is 0 Å². The number of carbonyl (C=O) groups is 1. The van der Waals surface area contributed by atoms with E-state index in [0.717, 1.165) is 12.0 Å². The highest BCUT2D eigenvalue weighted by Crippen LogP contribution is 2.32. The molecule has 0 bridgehead atoms. The van der Waals surface area contributed by atoms with Crippen LogP contribution in [0.3, 0.4) is 0 Å². The van der Waals surface area contributed by atoms with Crippen LogP contribution >= 0.6 is 0 Å². The van der Waals surface area contributed by atoms with Crippen molar-refractivity contribution in [2.24, 2.45) is 0 Å². The fourth-order valence-electron chi connectivity index (χ4n) is 1.72. The Morgan fingerprint density at radius 2 is 2.31 bits per heavy atom. The number of aliphatic hydroxyl groups is 1. The summed E-state index contributed by atoms with van der Waals surface area (Å²) in [4.78, 5) is 10.4. The van der Waals surface area contributed by atoms with Gasteiger partial charge in [0.05, 0.1) is 11.7 Å². The summed E-state index contributed by atoms with van der Waals surface area (Å²) in [6.07, 6.45) is 1.28. The highest BCUT2D eigenvalue weighted by molar-refractivity contribution is 5.76. The van der Waals surface area contributed by atoms with Crippen molar-refractivity contribution in [3.05, 3.63) is 34.6 Å². The number of aliphatic hydroxyl groups excluding tert-OH is 1. The lowest BCUT2D eigenvalue weighted by Crippen LogP contribution is -1.95. The topological polar surface area (TPSA) is 37.3 Å². The van der Waals surface area contributed by atoms with E-state index in [9.17, 15) is 14.3 Å². The third-order valence-electron chi connectivity index (χ3n) is 2.43. The van der Waals surface area contributed by atoms with Crippen molar-refractivity contribution >= 4 is 6.29 Å². The van der Waals surface area contributed by atoms with Crippen LogP contribution in [0.4, 0.5) is 4.39 Å². The van der Waals surface area contributed by atoms with E-state index in [4.69, 9.17) is 0 Å². The molecule has 1 unspecified atom stereocenters. The average molecular weight is 180 g/mol. The van der Waals surface area contributed by atoms with Crippen LogP contribution in [-0.2, 0) is 6.42 Å². The molecule has 2 rings (SSSR count). The van der Waals surface area contributed by atoms with Gasteiger partial charge in [-0.25, -0.2) is 4.39 Å². The van der Waals surface area contributed by atoms with E-state index >= 15 is 0 Å². The van der Waals surface area contributed by atoms with Crippen LogP contribution in [0.15, 0.2) is 12.1 Å². The normalized spacial score (nSPS) is 20.0. The van der Waals surface area contributed by atoms with E-state index < -0.39 is 11.9 Å². The Morgan fingerprint density at radius 1 is 1.54 bits per heavy atom. The highest BCUT2D eigenvalue weighted by Gasteiger charge is 2.21. The molecule has 0 aliphatic heterocycles. The van der Waals surface area contributed by atoms with Gasteiger partial charge in [0.15, 0.2) is 6.29 Å². The summed E-state index contributed by atoms with van der Waals surface area (Å²) in [5.74, 6) is -0.547. The molecule has 1 aromatic carbocycles. The molecule has 13 heavy (non-hydrogen) atoms. The number of carbonyl (C=O) groups excluding carboxylic acids is 1. The van der Waals surface area contributed by atoms with Crippen molar-refractivity contribution in [1.29, 1.82) is 0 Å². The average Bonchev–Trinajstić information content (AvgIpc) is 2.47. The molecule has 0 aromatic heterocycles. The smallest absolute Gasteiger partial charge is 0.153 e. The molecule has 1 atom stereocenters. The molecular formula is C10H9FO2. The van der Waals surface area contributed by atoms with Crippen LogP contribution in [0.2, 0.25) is 0 Å². The van der Waals surface area contributed by atoms with Gasteiger partial charge in [0.25, 0.3) is 0 Å². The number of rotatable bonds is 1. The van der Waals surface area contributed by atoms with Gasteiger partial charge in [0.2, 0.25) is 0 Å². The van der Waals surface area contributed by atoms with Gasteiger partial charge < -0.3 is 5.11 Å². The standard InChI is InChI=1S/C10H9FO2/c11-9-4-8-6(1-2-10(8)13)3-7(9)5-12/h3-5,10,13H,1-2H2. The lowest BCUT2D eigenvalue weighted by molar-refractivity contribution is 0.111. The maximum atomic E-state index is 13.1. The Labute approximate surface area is 75.0 Å². The first-order chi connectivity index (χ1) is 6.22. The first kappa shape index (κ1) is 8.38. The highest BCUT2D eigenvalue weighted by atomic mass is 19.1. The SMILES string of the molecule is O=Cc1cc2c(cc1F)C(O)CC2. The van der Waals surface area contributed by atoms with Crippen LogP contribution in [0.1, 0.15) is 34.0 Å². The molecule has 68 valence electrons. The third kappa shape index (κ3) is 1.25. The quantitative estimate of drug-likeness (QED) is 0.667. The van der Waals surface area contributed by atoms with Crippen molar-refractivity contribution in [3.63, 3.8) is 0 Å². The zero-order chi connectivity index (χ0) is 9.42. The Kier molecular flexibility index (Phi) is 1.88. The van der Waals surface area contributed by atoms with Gasteiger partial charge in [-0.3, -0.25) is 4.79 Å². The summed E-state index contributed by atoms with van der Waals surface area (Å²) in [5, 5.41) is 9.41. The number of hydrogen-bond donors (Lipinski definition) is 1. The number of fused-ring (bicyclic) bond motifs is 1. The number of aryl methyl sites for hydroxylation is 1. The minimum absolute atomic E-state index is 0.0767. The molecule has 0 radical (unpaired) electrons. The zero-order valence-electron chi connectivity index (χ0n) is 6.96. The molecule has 1 aromatic rings. The van der Waals surface area contributed by atoms with Crippen LogP contribution in [-0.4, -0.2) is 11.4 Å². The summed E-state index contributed by atoms with van der Waals surface area (Å²) in [6.45, 7) is 0. The maximum absolute atomic E-state index is 13.1. The lowest BCUT2D eigenvalue weighted by atomic mass is 10.1. The fourth-order valence-corrected chi connectivity index (χ4v) is 1.72. The first-order valence-electron chi connectivity index (χ1n) is 4.18. The van der Waals surface area contributed by atoms with E-state index in [1.54, 1.807) is 0 Å². The first-order valence-corrected chi connectivity index (χ1v) is 4.18. The Morgan fingerprint density at radius 3 is 3.00 bits per heavy atom. The molecule has 0 amide bonds. The second kappa shape index (κ2) is 2.92. The maximum Gasteiger partial charge on any atom is 0.153 e. The fraction of sp³-hybridized carbons (Fsp3) is 0.300. The van der Waals surface area contributed by atoms with Crippen LogP contribution in [0.5, 0.6) is 0 Å². The van der Waals surface area contributed by atoms with Crippen molar-refractivity contribution in [2.45, 2.75) is 18.9 Å². The molecule has 0 saturated heterocycles. The van der Waals surface area contributed by atoms with Crippen LogP contribution in [0, 0.1) is 5.82 Å². The van der Waals surface area contributed by atoms with Crippen molar-refractivity contribution < 1.29 is 14.3 Å². The Balaban J connectivity index is 2.56. The van der Waals surface area contributed by atoms with E-state index in [1.807, 2.05) is 0 Å². The third-order valence-corrected chi connectivity index (χ3v) is 2.43. The van der Waals surface area contributed by atoms with Gasteiger partial charge in [-0.05, 0) is 36.1 Å². The number of hydrogen-bond acceptors (Lipinski definition) is 2. The minimum Gasteiger partial charge on any atom is -0.388 e. The second-order valence-electron chi connectivity index (χ2n) is 3.24. The number of benzene rings is 1. The molecule has 0 spiro atoms. The molecule has 0 fully saturated rings. The van der Waals surface area contributed by atoms with Crippen LogP contribution in [0.25, 0.3) is 0 Å². The van der Waals surface area contributed by atoms with Gasteiger partial charge >= 0.3 is 0 Å². The van der Waals surface area contributed by atoms with Gasteiger partial charge in [-0.2, -0.15) is 0 Å². The molecule has 0 saturated carbocycles. The molecule has 0 heterocycles. The summed E-state index contributed by atoms with van der Waals surface area (Å²) in [7, 11) is 0. The molecule has 1 N–H and O–H groups in total. The summed E-state index contributed by atoms with van der Waals surface area (Å²) < 4.78 is 13.1. The monoisotopic (exact) mass is 180 g/mol. The van der Waals surface area contributed by atoms with Gasteiger partial charge in [-0.15, -0.1) is 0 Å². The Hall–Kier alpha value is -1.22. The predicted octanol–water partition coefficient (Wildman–Crippen LogP) is 1.62. The van der Waals surface area contributed by atoms with Gasteiger partial charge in [0, 0.05) is 0 Å². The summed E-state index contributed by atoms with van der Waals surface area (Å²) in [5.41, 5.74) is 1.59. The zero-order valence-corrected chi connectivity index (χ0v) is 6.96. The minimum atomic E-state index is -0.565. The van der Waals surface area contributed by atoms with E-state index in [-0.39, 0.29) is 5.56 Å². The largest absolute Gasteiger partial charge is 0.388 e. The Bertz CT molecular complexity index is 360. The second-order valence-corrected chi connectivity index (χ2v) is 3.24. The van der Waals surface area contributed by atoms with E-state index in [1.165, 1.54) is 12.1 Å². The molecule has 2 nitrogen and oxygen atoms in total. The predicted molar refractivity (Wildman–Crippen MR) is 45.1 cm³/mol. The van der Waals surface area contributed by atoms with Crippen molar-refractivity contribution in [2.75, 3.05) is 0 Å². The van der Waals surface area contributed by atoms with Crippen molar-refractivity contribution in [1.82, 2.24) is 0 Å². The number of aldehydes is 1. The molecule has 1 aliphatic carbocycles. The number of halogens is 1. The molecular weight excluding hydrogens is 171 g/mol. The summed E-state index contributed by atoms with van der Waals surface area (Å²) in [6, 6.07) is 2.78. The van der Waals surface area contributed by atoms with Gasteiger partial charge in [0.1, 0.15) is 5.82 Å². The lowest BCUT2D eigenvalue weighted by Gasteiger charge is -2.04. The molecule has 1 aliphatic rings. The van der Waals surface area contributed by atoms with E-state index in [0.29, 0.717) is 18.3 Å². The van der Waals surface area contributed by atoms with Gasteiger partial charge in [-0.1, -0.05) is 0 Å². The van der Waals surface area contributed by atoms with E-state index in [2.05, 4.69) is 0 Å².